The lowest BCUT2D eigenvalue weighted by molar-refractivity contribution is 0.261. The van der Waals surface area contributed by atoms with E-state index >= 15 is 0 Å². The van der Waals surface area contributed by atoms with Crippen LogP contribution in [0.1, 0.15) is 19.4 Å². The summed E-state index contributed by atoms with van der Waals surface area (Å²) in [4.78, 5) is 4.89. The highest BCUT2D eigenvalue weighted by Crippen LogP contribution is 2.13. The van der Waals surface area contributed by atoms with Crippen LogP contribution in [0.3, 0.4) is 0 Å². The van der Waals surface area contributed by atoms with Crippen molar-refractivity contribution < 1.29 is 0 Å². The van der Waals surface area contributed by atoms with Gasteiger partial charge in [0.1, 0.15) is 0 Å². The minimum Gasteiger partial charge on any atom is -0.371 e. The van der Waals surface area contributed by atoms with E-state index in [2.05, 4.69) is 91.4 Å². The molecule has 0 saturated carbocycles. The predicted molar refractivity (Wildman–Crippen MR) is 96.6 cm³/mol. The Labute approximate surface area is 135 Å². The van der Waals surface area contributed by atoms with E-state index in [-0.39, 0.29) is 0 Å². The molecule has 1 unspecified atom stereocenters. The lowest BCUT2D eigenvalue weighted by Gasteiger charge is -2.29. The van der Waals surface area contributed by atoms with E-state index in [4.69, 9.17) is 0 Å². The van der Waals surface area contributed by atoms with Crippen LogP contribution < -0.4 is 4.90 Å². The number of anilines is 1. The molecule has 118 valence electrons. The van der Waals surface area contributed by atoms with Gasteiger partial charge in [-0.3, -0.25) is 0 Å². The zero-order chi connectivity index (χ0) is 15.8. The summed E-state index contributed by atoms with van der Waals surface area (Å²) in [5, 5.41) is 0. The Balaban J connectivity index is 1.84. The number of hydrogen-bond acceptors (Lipinski definition) is 2. The fraction of sp³-hybridized carbons (Fsp3) is 0.400. The highest BCUT2D eigenvalue weighted by atomic mass is 15.2. The number of likely N-dealkylation sites (N-methyl/N-ethyl adjacent to an activating group) is 2. The van der Waals surface area contributed by atoms with Gasteiger partial charge in [-0.2, -0.15) is 0 Å². The Bertz CT molecular complexity index is 524. The highest BCUT2D eigenvalue weighted by molar-refractivity contribution is 5.45. The van der Waals surface area contributed by atoms with Gasteiger partial charge in [-0.1, -0.05) is 48.5 Å². The summed E-state index contributed by atoms with van der Waals surface area (Å²) < 4.78 is 0. The maximum absolute atomic E-state index is 2.46. The molecule has 0 aliphatic heterocycles. The third kappa shape index (κ3) is 4.88. The van der Waals surface area contributed by atoms with Crippen molar-refractivity contribution in [1.29, 1.82) is 0 Å². The van der Waals surface area contributed by atoms with Crippen molar-refractivity contribution in [3.63, 3.8) is 0 Å². The first-order valence-corrected chi connectivity index (χ1v) is 8.25. The second-order valence-corrected chi connectivity index (χ2v) is 5.93. The molecule has 0 spiro atoms. The summed E-state index contributed by atoms with van der Waals surface area (Å²) in [5.41, 5.74) is 2.73. The van der Waals surface area contributed by atoms with Crippen LogP contribution in [-0.2, 0) is 6.42 Å². The van der Waals surface area contributed by atoms with Crippen LogP contribution in [0, 0.1) is 0 Å². The van der Waals surface area contributed by atoms with E-state index in [1.165, 1.54) is 11.3 Å². The molecule has 0 bridgehead atoms. The molecule has 0 amide bonds. The quantitative estimate of drug-likeness (QED) is 0.724. The van der Waals surface area contributed by atoms with E-state index in [1.54, 1.807) is 0 Å². The van der Waals surface area contributed by atoms with Crippen LogP contribution >= 0.6 is 0 Å². The smallest absolute Gasteiger partial charge is 0.0366 e. The van der Waals surface area contributed by atoms with Gasteiger partial charge >= 0.3 is 0 Å². The lowest BCUT2D eigenvalue weighted by atomic mass is 10.1. The van der Waals surface area contributed by atoms with E-state index < -0.39 is 0 Å². The van der Waals surface area contributed by atoms with Crippen molar-refractivity contribution >= 4 is 5.69 Å². The fourth-order valence-corrected chi connectivity index (χ4v) is 2.72. The van der Waals surface area contributed by atoms with Crippen LogP contribution in [0.2, 0.25) is 0 Å². The summed E-state index contributed by atoms with van der Waals surface area (Å²) >= 11 is 0. The number of para-hydroxylation sites is 1. The van der Waals surface area contributed by atoms with Crippen LogP contribution in [-0.4, -0.2) is 37.6 Å². The monoisotopic (exact) mass is 296 g/mol. The van der Waals surface area contributed by atoms with Crippen LogP contribution in [0.25, 0.3) is 0 Å². The number of nitrogens with zero attached hydrogens (tertiary/aromatic N) is 2. The van der Waals surface area contributed by atoms with Gasteiger partial charge in [0, 0.05) is 31.4 Å². The van der Waals surface area contributed by atoms with Crippen molar-refractivity contribution in [3.05, 3.63) is 66.2 Å². The maximum Gasteiger partial charge on any atom is 0.0366 e. The Hall–Kier alpha value is -1.80. The molecule has 0 radical (unpaired) electrons. The topological polar surface area (TPSA) is 6.48 Å². The molecule has 1 atom stereocenters. The molecule has 0 aliphatic rings. The first-order chi connectivity index (χ1) is 10.7. The summed E-state index contributed by atoms with van der Waals surface area (Å²) in [6.45, 7) is 7.73. The first-order valence-electron chi connectivity index (χ1n) is 8.25. The van der Waals surface area contributed by atoms with Crippen molar-refractivity contribution in [2.45, 2.75) is 26.3 Å². The second-order valence-electron chi connectivity index (χ2n) is 5.93. The Kier molecular flexibility index (Phi) is 6.47. The number of rotatable bonds is 8. The second kappa shape index (κ2) is 8.60. The summed E-state index contributed by atoms with van der Waals surface area (Å²) in [6.07, 6.45) is 1.11. The van der Waals surface area contributed by atoms with E-state index in [1.807, 2.05) is 0 Å². The summed E-state index contributed by atoms with van der Waals surface area (Å²) in [5.74, 6) is 0. The number of benzene rings is 2. The average molecular weight is 296 g/mol. The molecular formula is C20H28N2. The van der Waals surface area contributed by atoms with Gasteiger partial charge in [0.05, 0.1) is 0 Å². The standard InChI is InChI=1S/C20H28N2/c1-4-22(20-13-9-6-10-14-20)16-15-21(3)18(2)17-19-11-7-5-8-12-19/h5-14,18H,4,15-17H2,1-3H3. The maximum atomic E-state index is 2.46. The zero-order valence-electron chi connectivity index (χ0n) is 14.1. The molecule has 0 fully saturated rings. The number of hydrogen-bond donors (Lipinski definition) is 0. The van der Waals surface area contributed by atoms with Crippen LogP contribution in [0.4, 0.5) is 5.69 Å². The molecular weight excluding hydrogens is 268 g/mol. The largest absolute Gasteiger partial charge is 0.371 e. The van der Waals surface area contributed by atoms with Crippen LogP contribution in [0.15, 0.2) is 60.7 Å². The molecule has 0 N–H and O–H groups in total. The molecule has 2 rings (SSSR count). The van der Waals surface area contributed by atoms with Gasteiger partial charge in [0.25, 0.3) is 0 Å². The van der Waals surface area contributed by atoms with Gasteiger partial charge in [0.15, 0.2) is 0 Å². The van der Waals surface area contributed by atoms with E-state index in [9.17, 15) is 0 Å². The normalized spacial score (nSPS) is 12.4. The molecule has 2 nitrogen and oxygen atoms in total. The van der Waals surface area contributed by atoms with Crippen LogP contribution in [0.5, 0.6) is 0 Å². The van der Waals surface area contributed by atoms with Gasteiger partial charge in [0.2, 0.25) is 0 Å². The fourth-order valence-electron chi connectivity index (χ4n) is 2.72. The third-order valence-corrected chi connectivity index (χ3v) is 4.35. The van der Waals surface area contributed by atoms with Gasteiger partial charge in [-0.25, -0.2) is 0 Å². The van der Waals surface area contributed by atoms with Gasteiger partial charge in [-0.05, 0) is 45.0 Å². The summed E-state index contributed by atoms with van der Waals surface area (Å²) in [6, 6.07) is 22.0. The molecule has 0 heterocycles. The molecule has 2 aromatic rings. The molecule has 22 heavy (non-hydrogen) atoms. The SMILES string of the molecule is CCN(CCN(C)C(C)Cc1ccccc1)c1ccccc1. The summed E-state index contributed by atoms with van der Waals surface area (Å²) in [7, 11) is 2.23. The van der Waals surface area contributed by atoms with Gasteiger partial charge in [-0.15, -0.1) is 0 Å². The molecule has 2 aromatic carbocycles. The predicted octanol–water partition coefficient (Wildman–Crippen LogP) is 4.08. The Morgan fingerprint density at radius 3 is 2.05 bits per heavy atom. The molecule has 2 heteroatoms. The van der Waals surface area contributed by atoms with Crippen molar-refractivity contribution in [2.24, 2.45) is 0 Å². The third-order valence-electron chi connectivity index (χ3n) is 4.35. The Morgan fingerprint density at radius 2 is 1.45 bits per heavy atom. The van der Waals surface area contributed by atoms with Gasteiger partial charge < -0.3 is 9.80 Å². The Morgan fingerprint density at radius 1 is 0.864 bits per heavy atom. The van der Waals surface area contributed by atoms with E-state index in [0.717, 1.165) is 26.1 Å². The lowest BCUT2D eigenvalue weighted by Crippen LogP contribution is -2.38. The van der Waals surface area contributed by atoms with Crippen molar-refractivity contribution in [1.82, 2.24) is 4.90 Å². The zero-order valence-corrected chi connectivity index (χ0v) is 14.1. The molecule has 0 saturated heterocycles. The van der Waals surface area contributed by atoms with Crippen molar-refractivity contribution in [2.75, 3.05) is 31.6 Å². The minimum absolute atomic E-state index is 0.553. The molecule has 0 aromatic heterocycles. The highest BCUT2D eigenvalue weighted by Gasteiger charge is 2.11. The first kappa shape index (κ1) is 16.6. The molecule has 0 aliphatic carbocycles. The van der Waals surface area contributed by atoms with E-state index in [0.29, 0.717) is 6.04 Å². The average Bonchev–Trinajstić information content (AvgIpc) is 2.57. The minimum atomic E-state index is 0.553. The van der Waals surface area contributed by atoms with Crippen molar-refractivity contribution in [3.8, 4) is 0 Å².